The SMILES string of the molecule is Nc1nc(Oc2cccc(Cl)c2)nc2nc(-c3ccco3)nn12. The van der Waals surface area contributed by atoms with Gasteiger partial charge in [-0.25, -0.2) is 0 Å². The largest absolute Gasteiger partial charge is 0.461 e. The van der Waals surface area contributed by atoms with Crippen LogP contribution in [0.2, 0.25) is 5.02 Å². The van der Waals surface area contributed by atoms with E-state index in [4.69, 9.17) is 26.5 Å². The van der Waals surface area contributed by atoms with Gasteiger partial charge in [0.1, 0.15) is 5.75 Å². The van der Waals surface area contributed by atoms with Gasteiger partial charge in [0, 0.05) is 5.02 Å². The van der Waals surface area contributed by atoms with Crippen molar-refractivity contribution in [2.45, 2.75) is 0 Å². The number of fused-ring (bicyclic) bond motifs is 1. The lowest BCUT2D eigenvalue weighted by molar-refractivity contribution is 0.441. The average molecular weight is 329 g/mol. The molecule has 2 N–H and O–H groups in total. The van der Waals surface area contributed by atoms with E-state index < -0.39 is 0 Å². The fourth-order valence-electron chi connectivity index (χ4n) is 1.98. The van der Waals surface area contributed by atoms with Gasteiger partial charge in [0.15, 0.2) is 5.76 Å². The summed E-state index contributed by atoms with van der Waals surface area (Å²) in [6.07, 6.45) is 1.53. The molecule has 8 nitrogen and oxygen atoms in total. The van der Waals surface area contributed by atoms with Crippen molar-refractivity contribution in [3.05, 3.63) is 47.7 Å². The van der Waals surface area contributed by atoms with Crippen LogP contribution in [0.5, 0.6) is 11.8 Å². The van der Waals surface area contributed by atoms with Gasteiger partial charge in [0.05, 0.1) is 6.26 Å². The topological polar surface area (TPSA) is 104 Å². The van der Waals surface area contributed by atoms with Gasteiger partial charge in [-0.1, -0.05) is 17.7 Å². The molecule has 0 amide bonds. The van der Waals surface area contributed by atoms with Crippen molar-refractivity contribution < 1.29 is 9.15 Å². The Balaban J connectivity index is 1.74. The number of benzene rings is 1. The minimum absolute atomic E-state index is 0.0515. The zero-order chi connectivity index (χ0) is 15.8. The molecular formula is C14H9ClN6O2. The van der Waals surface area contributed by atoms with Gasteiger partial charge >= 0.3 is 6.01 Å². The zero-order valence-electron chi connectivity index (χ0n) is 11.5. The van der Waals surface area contributed by atoms with E-state index in [9.17, 15) is 0 Å². The Morgan fingerprint density at radius 3 is 2.83 bits per heavy atom. The Bertz CT molecular complexity index is 982. The van der Waals surface area contributed by atoms with Gasteiger partial charge in [-0.3, -0.25) is 0 Å². The normalized spacial score (nSPS) is 11.0. The monoisotopic (exact) mass is 328 g/mol. The Labute approximate surface area is 134 Å². The second kappa shape index (κ2) is 5.25. The molecule has 9 heteroatoms. The van der Waals surface area contributed by atoms with E-state index in [0.717, 1.165) is 0 Å². The number of nitrogens with zero attached hydrogens (tertiary/aromatic N) is 5. The fraction of sp³-hybridized carbons (Fsp3) is 0. The third-order valence-corrected chi connectivity index (χ3v) is 3.19. The quantitative estimate of drug-likeness (QED) is 0.616. The number of nitrogen functional groups attached to an aromatic ring is 1. The van der Waals surface area contributed by atoms with Crippen molar-refractivity contribution in [2.75, 3.05) is 5.73 Å². The van der Waals surface area contributed by atoms with E-state index in [2.05, 4.69) is 20.1 Å². The van der Waals surface area contributed by atoms with E-state index in [0.29, 0.717) is 22.4 Å². The van der Waals surface area contributed by atoms with Crippen molar-refractivity contribution in [1.29, 1.82) is 0 Å². The van der Waals surface area contributed by atoms with Gasteiger partial charge in [-0.15, -0.1) is 5.10 Å². The molecule has 0 saturated heterocycles. The standard InChI is InChI=1S/C14H9ClN6O2/c15-8-3-1-4-9(7-8)23-14-18-12(16)21-13(19-14)17-11(20-21)10-5-2-6-22-10/h1-7H,(H2,16,17,18,19,20). The molecule has 0 spiro atoms. The Morgan fingerprint density at radius 2 is 2.04 bits per heavy atom. The molecule has 0 unspecified atom stereocenters. The van der Waals surface area contributed by atoms with Crippen molar-refractivity contribution in [3.8, 4) is 23.3 Å². The van der Waals surface area contributed by atoms with Crippen LogP contribution < -0.4 is 10.5 Å². The molecule has 3 aromatic heterocycles. The van der Waals surface area contributed by atoms with E-state index in [1.807, 2.05) is 0 Å². The van der Waals surface area contributed by atoms with Crippen LogP contribution in [-0.4, -0.2) is 24.6 Å². The number of rotatable bonds is 3. The van der Waals surface area contributed by atoms with Crippen LogP contribution in [0.15, 0.2) is 47.1 Å². The van der Waals surface area contributed by atoms with E-state index in [1.54, 1.807) is 36.4 Å². The molecule has 4 aromatic rings. The van der Waals surface area contributed by atoms with Crippen LogP contribution in [0.1, 0.15) is 0 Å². The van der Waals surface area contributed by atoms with Gasteiger partial charge < -0.3 is 14.9 Å². The molecule has 0 bridgehead atoms. The Morgan fingerprint density at radius 1 is 1.13 bits per heavy atom. The lowest BCUT2D eigenvalue weighted by atomic mass is 10.3. The summed E-state index contributed by atoms with van der Waals surface area (Å²) in [5.74, 6) is 1.70. The highest BCUT2D eigenvalue weighted by Crippen LogP contribution is 2.23. The molecule has 3 heterocycles. The summed E-state index contributed by atoms with van der Waals surface area (Å²) in [5, 5.41) is 4.74. The second-order valence-electron chi connectivity index (χ2n) is 4.55. The number of nitrogens with two attached hydrogens (primary N) is 1. The first kappa shape index (κ1) is 13.5. The highest BCUT2D eigenvalue weighted by atomic mass is 35.5. The molecular weight excluding hydrogens is 320 g/mol. The summed E-state index contributed by atoms with van der Waals surface area (Å²) in [6, 6.07) is 10.4. The molecule has 1 aromatic carbocycles. The van der Waals surface area contributed by atoms with Gasteiger partial charge in [0.25, 0.3) is 5.78 Å². The number of halogens is 1. The molecule has 0 saturated carbocycles. The van der Waals surface area contributed by atoms with Crippen LogP contribution >= 0.6 is 11.6 Å². The Hall–Kier alpha value is -3.13. The third-order valence-electron chi connectivity index (χ3n) is 2.96. The maximum Gasteiger partial charge on any atom is 0.328 e. The summed E-state index contributed by atoms with van der Waals surface area (Å²) in [5.41, 5.74) is 5.88. The molecule has 0 aliphatic rings. The molecule has 0 radical (unpaired) electrons. The van der Waals surface area contributed by atoms with Gasteiger partial charge in [0.2, 0.25) is 11.8 Å². The van der Waals surface area contributed by atoms with Crippen LogP contribution in [0.4, 0.5) is 5.95 Å². The van der Waals surface area contributed by atoms with Crippen molar-refractivity contribution in [2.24, 2.45) is 0 Å². The first-order chi connectivity index (χ1) is 11.2. The number of aromatic nitrogens is 5. The minimum atomic E-state index is 0.0515. The van der Waals surface area contributed by atoms with Gasteiger partial charge in [-0.05, 0) is 30.3 Å². The number of ether oxygens (including phenoxy) is 1. The summed E-state index contributed by atoms with van der Waals surface area (Å²) in [7, 11) is 0. The molecule has 0 fully saturated rings. The predicted molar refractivity (Wildman–Crippen MR) is 82.2 cm³/mol. The maximum atomic E-state index is 5.92. The number of anilines is 1. The lowest BCUT2D eigenvalue weighted by Gasteiger charge is -2.04. The molecule has 0 atom stereocenters. The van der Waals surface area contributed by atoms with Crippen LogP contribution in [0.25, 0.3) is 17.4 Å². The molecule has 0 aliphatic heterocycles. The summed E-state index contributed by atoms with van der Waals surface area (Å²) >= 11 is 5.92. The van der Waals surface area contributed by atoms with Crippen LogP contribution in [0, 0.1) is 0 Å². The maximum absolute atomic E-state index is 5.92. The first-order valence-corrected chi connectivity index (χ1v) is 6.94. The molecule has 114 valence electrons. The molecule has 0 aliphatic carbocycles. The van der Waals surface area contributed by atoms with Crippen molar-refractivity contribution in [3.63, 3.8) is 0 Å². The minimum Gasteiger partial charge on any atom is -0.461 e. The molecule has 4 rings (SSSR count). The second-order valence-corrected chi connectivity index (χ2v) is 4.98. The highest BCUT2D eigenvalue weighted by Gasteiger charge is 2.14. The lowest BCUT2D eigenvalue weighted by Crippen LogP contribution is -2.05. The smallest absolute Gasteiger partial charge is 0.328 e. The fourth-order valence-corrected chi connectivity index (χ4v) is 2.16. The summed E-state index contributed by atoms with van der Waals surface area (Å²) in [6.45, 7) is 0. The number of hydrogen-bond acceptors (Lipinski definition) is 7. The number of furan rings is 1. The zero-order valence-corrected chi connectivity index (χ0v) is 12.3. The van der Waals surface area contributed by atoms with E-state index >= 15 is 0 Å². The summed E-state index contributed by atoms with van der Waals surface area (Å²) < 4.78 is 12.1. The van der Waals surface area contributed by atoms with Crippen molar-refractivity contribution in [1.82, 2.24) is 24.6 Å². The van der Waals surface area contributed by atoms with Crippen LogP contribution in [-0.2, 0) is 0 Å². The Kier molecular flexibility index (Phi) is 3.09. The van der Waals surface area contributed by atoms with Crippen molar-refractivity contribution >= 4 is 23.3 Å². The van der Waals surface area contributed by atoms with E-state index in [-0.39, 0.29) is 17.7 Å². The predicted octanol–water partition coefficient (Wildman–Crippen LogP) is 2.81. The summed E-state index contributed by atoms with van der Waals surface area (Å²) in [4.78, 5) is 12.5. The van der Waals surface area contributed by atoms with Gasteiger partial charge in [-0.2, -0.15) is 19.5 Å². The van der Waals surface area contributed by atoms with E-state index in [1.165, 1.54) is 10.8 Å². The van der Waals surface area contributed by atoms with Crippen LogP contribution in [0.3, 0.4) is 0 Å². The third kappa shape index (κ3) is 2.55. The molecule has 23 heavy (non-hydrogen) atoms. The average Bonchev–Trinajstić information content (AvgIpc) is 3.16. The highest BCUT2D eigenvalue weighted by molar-refractivity contribution is 6.30. The first-order valence-electron chi connectivity index (χ1n) is 6.56. The number of hydrogen-bond donors (Lipinski definition) is 1.